The van der Waals surface area contributed by atoms with Gasteiger partial charge < -0.3 is 9.64 Å². The number of ether oxygens (including phenoxy) is 1. The standard InChI is InChI=1S/C19H20N6OS2/c1-27-19-22-14-13-11-4-2-3-5-12(11)16(24-6-8-26-9-7-24)23-18(13)28-15(14)17-20-10-21-25(17)19/h10H,2-9H2,1H3. The highest BCUT2D eigenvalue weighted by molar-refractivity contribution is 7.98. The summed E-state index contributed by atoms with van der Waals surface area (Å²) in [5.74, 6) is 1.17. The van der Waals surface area contributed by atoms with Crippen LogP contribution in [0.5, 0.6) is 0 Å². The molecule has 0 bridgehead atoms. The van der Waals surface area contributed by atoms with Gasteiger partial charge in [0, 0.05) is 18.5 Å². The molecule has 6 rings (SSSR count). The second-order valence-electron chi connectivity index (χ2n) is 7.25. The zero-order valence-electron chi connectivity index (χ0n) is 15.6. The van der Waals surface area contributed by atoms with Gasteiger partial charge >= 0.3 is 0 Å². The fourth-order valence-electron chi connectivity index (χ4n) is 4.46. The van der Waals surface area contributed by atoms with Crippen molar-refractivity contribution in [2.24, 2.45) is 0 Å². The summed E-state index contributed by atoms with van der Waals surface area (Å²) in [6.07, 6.45) is 8.32. The maximum Gasteiger partial charge on any atom is 0.191 e. The van der Waals surface area contributed by atoms with E-state index in [-0.39, 0.29) is 0 Å². The molecule has 1 aliphatic carbocycles. The minimum atomic E-state index is 0.778. The van der Waals surface area contributed by atoms with E-state index in [9.17, 15) is 0 Å². The van der Waals surface area contributed by atoms with Crippen LogP contribution in [0.4, 0.5) is 5.82 Å². The Labute approximate surface area is 170 Å². The predicted octanol–water partition coefficient (Wildman–Crippen LogP) is 3.32. The molecule has 5 heterocycles. The molecule has 0 unspecified atom stereocenters. The number of nitrogens with zero attached hydrogens (tertiary/aromatic N) is 6. The number of anilines is 1. The Balaban J connectivity index is 1.70. The van der Waals surface area contributed by atoms with Crippen LogP contribution in [0, 0.1) is 0 Å². The molecule has 0 aromatic carbocycles. The minimum Gasteiger partial charge on any atom is -0.378 e. The molecule has 7 nitrogen and oxygen atoms in total. The van der Waals surface area contributed by atoms with E-state index in [0.717, 1.165) is 65.0 Å². The molecular formula is C19H20N6OS2. The minimum absolute atomic E-state index is 0.778. The molecule has 4 aromatic rings. The maximum absolute atomic E-state index is 5.57. The van der Waals surface area contributed by atoms with E-state index in [1.54, 1.807) is 29.4 Å². The highest BCUT2D eigenvalue weighted by Gasteiger charge is 2.27. The summed E-state index contributed by atoms with van der Waals surface area (Å²) in [4.78, 5) is 18.2. The number of morpholine rings is 1. The Morgan fingerprint density at radius 1 is 1.11 bits per heavy atom. The summed E-state index contributed by atoms with van der Waals surface area (Å²) in [5, 5.41) is 6.49. The van der Waals surface area contributed by atoms with Gasteiger partial charge in [0.2, 0.25) is 0 Å². The predicted molar refractivity (Wildman–Crippen MR) is 113 cm³/mol. The van der Waals surface area contributed by atoms with Gasteiger partial charge in [0.25, 0.3) is 0 Å². The van der Waals surface area contributed by atoms with Gasteiger partial charge in [-0.2, -0.15) is 9.61 Å². The summed E-state index contributed by atoms with van der Waals surface area (Å²) in [6, 6.07) is 0. The van der Waals surface area contributed by atoms with E-state index >= 15 is 0 Å². The smallest absolute Gasteiger partial charge is 0.191 e. The Bertz CT molecular complexity index is 1210. The zero-order valence-corrected chi connectivity index (χ0v) is 17.3. The van der Waals surface area contributed by atoms with Crippen molar-refractivity contribution in [1.29, 1.82) is 0 Å². The lowest BCUT2D eigenvalue weighted by atomic mass is 9.90. The molecule has 0 N–H and O–H groups in total. The Morgan fingerprint density at radius 2 is 1.93 bits per heavy atom. The van der Waals surface area contributed by atoms with E-state index in [1.165, 1.54) is 35.2 Å². The van der Waals surface area contributed by atoms with Gasteiger partial charge in [-0.3, -0.25) is 0 Å². The lowest BCUT2D eigenvalue weighted by molar-refractivity contribution is 0.122. The number of thiophene rings is 1. The largest absolute Gasteiger partial charge is 0.378 e. The lowest BCUT2D eigenvalue weighted by Gasteiger charge is -2.31. The van der Waals surface area contributed by atoms with Crippen LogP contribution in [0.2, 0.25) is 0 Å². The van der Waals surface area contributed by atoms with Crippen LogP contribution < -0.4 is 4.90 Å². The fourth-order valence-corrected chi connectivity index (χ4v) is 6.07. The number of thioether (sulfide) groups is 1. The third-order valence-electron chi connectivity index (χ3n) is 5.74. The topological polar surface area (TPSA) is 68.4 Å². The lowest BCUT2D eigenvalue weighted by Crippen LogP contribution is -2.37. The number of hydrogen-bond acceptors (Lipinski definition) is 8. The quantitative estimate of drug-likeness (QED) is 0.369. The maximum atomic E-state index is 5.57. The fraction of sp³-hybridized carbons (Fsp3) is 0.474. The molecule has 2 aliphatic rings. The first-order valence-electron chi connectivity index (χ1n) is 9.69. The molecule has 0 saturated carbocycles. The SMILES string of the molecule is CSc1nc2c(sc3nc(N4CCOCC4)c4c(c32)CCCC4)c2ncnn12. The van der Waals surface area contributed by atoms with Crippen LogP contribution in [0.3, 0.4) is 0 Å². The molecule has 0 radical (unpaired) electrons. The van der Waals surface area contributed by atoms with Crippen molar-refractivity contribution in [3.05, 3.63) is 17.5 Å². The van der Waals surface area contributed by atoms with Crippen molar-refractivity contribution in [3.63, 3.8) is 0 Å². The van der Waals surface area contributed by atoms with Crippen molar-refractivity contribution >= 4 is 55.0 Å². The summed E-state index contributed by atoms with van der Waals surface area (Å²) < 4.78 is 8.50. The third-order valence-corrected chi connectivity index (χ3v) is 7.44. The van der Waals surface area contributed by atoms with Crippen molar-refractivity contribution in [2.75, 3.05) is 37.5 Å². The second-order valence-corrected chi connectivity index (χ2v) is 9.03. The Hall–Kier alpha value is -1.97. The molecule has 9 heteroatoms. The number of hydrogen-bond donors (Lipinski definition) is 0. The van der Waals surface area contributed by atoms with E-state index in [2.05, 4.69) is 15.0 Å². The summed E-state index contributed by atoms with van der Waals surface area (Å²) in [7, 11) is 0. The van der Waals surface area contributed by atoms with Crippen LogP contribution in [-0.4, -0.2) is 57.1 Å². The monoisotopic (exact) mass is 412 g/mol. The number of aryl methyl sites for hydroxylation is 1. The van der Waals surface area contributed by atoms with Crippen LogP contribution in [0.25, 0.3) is 26.1 Å². The van der Waals surface area contributed by atoms with E-state index in [1.807, 2.05) is 10.8 Å². The zero-order chi connectivity index (χ0) is 18.7. The average Bonchev–Trinajstić information content (AvgIpc) is 3.37. The highest BCUT2D eigenvalue weighted by atomic mass is 32.2. The van der Waals surface area contributed by atoms with Crippen LogP contribution >= 0.6 is 23.1 Å². The van der Waals surface area contributed by atoms with Gasteiger partial charge in [-0.1, -0.05) is 11.8 Å². The van der Waals surface area contributed by atoms with Crippen molar-refractivity contribution in [2.45, 2.75) is 30.8 Å². The molecule has 0 atom stereocenters. The third kappa shape index (κ3) is 2.39. The molecule has 0 amide bonds. The Morgan fingerprint density at radius 3 is 2.75 bits per heavy atom. The second kappa shape index (κ2) is 6.53. The first-order chi connectivity index (χ1) is 13.8. The molecule has 1 fully saturated rings. The summed E-state index contributed by atoms with van der Waals surface area (Å²) in [5.41, 5.74) is 4.81. The van der Waals surface area contributed by atoms with E-state index < -0.39 is 0 Å². The van der Waals surface area contributed by atoms with Crippen LogP contribution in [0.15, 0.2) is 11.5 Å². The molecular weight excluding hydrogens is 392 g/mol. The summed E-state index contributed by atoms with van der Waals surface area (Å²) >= 11 is 3.31. The molecule has 4 aromatic heterocycles. The van der Waals surface area contributed by atoms with Gasteiger partial charge in [-0.15, -0.1) is 11.3 Å². The number of aromatic nitrogens is 5. The van der Waals surface area contributed by atoms with E-state index in [4.69, 9.17) is 14.7 Å². The highest BCUT2D eigenvalue weighted by Crippen LogP contribution is 2.42. The normalized spacial score (nSPS) is 17.7. The molecule has 0 spiro atoms. The van der Waals surface area contributed by atoms with Crippen molar-refractivity contribution in [1.82, 2.24) is 24.6 Å². The van der Waals surface area contributed by atoms with Crippen molar-refractivity contribution in [3.8, 4) is 0 Å². The molecule has 28 heavy (non-hydrogen) atoms. The number of fused-ring (bicyclic) bond motifs is 7. The van der Waals surface area contributed by atoms with Gasteiger partial charge in [-0.25, -0.2) is 15.0 Å². The first kappa shape index (κ1) is 16.9. The molecule has 144 valence electrons. The van der Waals surface area contributed by atoms with Gasteiger partial charge in [0.05, 0.1) is 18.7 Å². The number of rotatable bonds is 2. The van der Waals surface area contributed by atoms with Gasteiger partial charge in [-0.05, 0) is 43.1 Å². The van der Waals surface area contributed by atoms with Gasteiger partial charge in [0.1, 0.15) is 21.7 Å². The molecule has 1 saturated heterocycles. The van der Waals surface area contributed by atoms with Crippen LogP contribution in [0.1, 0.15) is 24.0 Å². The Kier molecular flexibility index (Phi) is 3.95. The number of pyridine rings is 1. The van der Waals surface area contributed by atoms with Crippen LogP contribution in [-0.2, 0) is 17.6 Å². The van der Waals surface area contributed by atoms with Crippen molar-refractivity contribution < 1.29 is 4.74 Å². The average molecular weight is 413 g/mol. The summed E-state index contributed by atoms with van der Waals surface area (Å²) in [6.45, 7) is 3.39. The molecule has 1 aliphatic heterocycles. The van der Waals surface area contributed by atoms with Gasteiger partial charge in [0.15, 0.2) is 10.8 Å². The van der Waals surface area contributed by atoms with E-state index in [0.29, 0.717) is 0 Å². The first-order valence-corrected chi connectivity index (χ1v) is 11.7.